The van der Waals surface area contributed by atoms with E-state index in [2.05, 4.69) is 10.4 Å². The number of piperazine rings is 1. The van der Waals surface area contributed by atoms with E-state index in [9.17, 15) is 29.1 Å². The van der Waals surface area contributed by atoms with Crippen LogP contribution >= 0.6 is 0 Å². The van der Waals surface area contributed by atoms with Crippen LogP contribution < -0.4 is 10.1 Å². The average molecular weight is 614 g/mol. The van der Waals surface area contributed by atoms with E-state index in [1.807, 2.05) is 19.1 Å². The zero-order valence-corrected chi connectivity index (χ0v) is 25.2. The molecule has 238 valence electrons. The molecule has 3 amide bonds. The number of carboxylic acids is 1. The quantitative estimate of drug-likeness (QED) is 0.339. The van der Waals surface area contributed by atoms with Gasteiger partial charge in [0.25, 0.3) is 5.91 Å². The van der Waals surface area contributed by atoms with Crippen molar-refractivity contribution in [3.8, 4) is 11.6 Å². The lowest BCUT2D eigenvalue weighted by Crippen LogP contribution is -2.56. The van der Waals surface area contributed by atoms with Gasteiger partial charge in [-0.2, -0.15) is 5.10 Å². The van der Waals surface area contributed by atoms with E-state index in [1.54, 1.807) is 26.0 Å². The van der Waals surface area contributed by atoms with Gasteiger partial charge >= 0.3 is 18.0 Å². The van der Waals surface area contributed by atoms with Crippen LogP contribution in [0.2, 0.25) is 0 Å². The Morgan fingerprint density at radius 2 is 1.61 bits per heavy atom. The summed E-state index contributed by atoms with van der Waals surface area (Å²) in [7, 11) is 0. The molecule has 1 aliphatic heterocycles. The number of aliphatic carboxylic acids is 1. The topological polar surface area (TPSA) is 170 Å². The van der Waals surface area contributed by atoms with Gasteiger partial charge in [0.1, 0.15) is 6.04 Å². The normalized spacial score (nSPS) is 16.3. The van der Waals surface area contributed by atoms with E-state index in [1.165, 1.54) is 20.5 Å². The van der Waals surface area contributed by atoms with Crippen molar-refractivity contribution in [1.29, 1.82) is 0 Å². The number of hydrogen-bond acceptors (Lipinski definition) is 9. The molecule has 14 heteroatoms. The van der Waals surface area contributed by atoms with E-state index in [0.29, 0.717) is 18.5 Å². The monoisotopic (exact) mass is 613 g/mol. The van der Waals surface area contributed by atoms with E-state index >= 15 is 0 Å². The summed E-state index contributed by atoms with van der Waals surface area (Å²) in [6, 6.07) is 7.57. The molecule has 14 nitrogen and oxygen atoms in total. The summed E-state index contributed by atoms with van der Waals surface area (Å²) in [6.07, 6.45) is 0.694. The first kappa shape index (κ1) is 32.3. The van der Waals surface area contributed by atoms with E-state index in [0.717, 1.165) is 12.0 Å². The fourth-order valence-electron chi connectivity index (χ4n) is 5.03. The zero-order chi connectivity index (χ0) is 31.9. The van der Waals surface area contributed by atoms with Gasteiger partial charge < -0.3 is 34.4 Å². The van der Waals surface area contributed by atoms with Crippen LogP contribution in [-0.4, -0.2) is 106 Å². The van der Waals surface area contributed by atoms with Crippen LogP contribution in [0.4, 0.5) is 4.79 Å². The Kier molecular flexibility index (Phi) is 10.4. The highest BCUT2D eigenvalue weighted by molar-refractivity contribution is 5.96. The summed E-state index contributed by atoms with van der Waals surface area (Å²) in [5, 5.41) is 16.4. The summed E-state index contributed by atoms with van der Waals surface area (Å²) in [5.74, 6) is -2.64. The summed E-state index contributed by atoms with van der Waals surface area (Å²) >= 11 is 0. The predicted molar refractivity (Wildman–Crippen MR) is 155 cm³/mol. The lowest BCUT2D eigenvalue weighted by molar-refractivity contribution is -0.170. The van der Waals surface area contributed by atoms with E-state index in [-0.39, 0.29) is 63.8 Å². The molecule has 0 unspecified atom stereocenters. The smallest absolute Gasteiger partial charge is 0.409 e. The van der Waals surface area contributed by atoms with Crippen LogP contribution in [-0.2, 0) is 23.9 Å². The summed E-state index contributed by atoms with van der Waals surface area (Å²) in [6.45, 7) is 6.67. The van der Waals surface area contributed by atoms with Crippen LogP contribution in [0.5, 0.6) is 5.88 Å². The van der Waals surface area contributed by atoms with Crippen LogP contribution in [0.25, 0.3) is 5.69 Å². The molecular formula is C30H39N5O9. The molecule has 0 spiro atoms. The zero-order valence-electron chi connectivity index (χ0n) is 25.2. The third-order valence-electron chi connectivity index (χ3n) is 7.66. The van der Waals surface area contributed by atoms with E-state index in [4.69, 9.17) is 14.2 Å². The number of rotatable bonds is 12. The highest BCUT2D eigenvalue weighted by atomic mass is 16.6. The molecule has 1 saturated heterocycles. The third-order valence-corrected chi connectivity index (χ3v) is 7.66. The van der Waals surface area contributed by atoms with E-state index < -0.39 is 41.5 Å². The third kappa shape index (κ3) is 7.47. The number of benzene rings is 1. The number of nitrogens with zero attached hydrogens (tertiary/aromatic N) is 4. The van der Waals surface area contributed by atoms with Gasteiger partial charge in [0.15, 0.2) is 5.69 Å². The van der Waals surface area contributed by atoms with Gasteiger partial charge in [0.05, 0.1) is 18.9 Å². The molecular weight excluding hydrogens is 574 g/mol. The number of carbonyl (C=O) groups excluding carboxylic acids is 4. The maximum atomic E-state index is 13.5. The average Bonchev–Trinajstić information content (AvgIpc) is 3.41. The Labute approximate surface area is 255 Å². The number of aryl methyl sites for hydroxylation is 1. The van der Waals surface area contributed by atoms with Crippen molar-refractivity contribution in [3.63, 3.8) is 0 Å². The fraction of sp³-hybridized carbons (Fsp3) is 0.533. The molecule has 4 rings (SSSR count). The number of carbonyl (C=O) groups is 5. The van der Waals surface area contributed by atoms with Gasteiger partial charge in [-0.05, 0) is 58.6 Å². The minimum absolute atomic E-state index is 0.0841. The maximum absolute atomic E-state index is 13.5. The molecule has 1 saturated carbocycles. The highest BCUT2D eigenvalue weighted by Gasteiger charge is 2.49. The number of hydrogen-bond donors (Lipinski definition) is 2. The molecule has 1 aromatic heterocycles. The van der Waals surface area contributed by atoms with Crippen molar-refractivity contribution in [1.82, 2.24) is 24.9 Å². The van der Waals surface area contributed by atoms with Crippen molar-refractivity contribution < 1.29 is 43.3 Å². The standard InChI is InChI=1S/C30H39N5O9/c1-4-42-28(40)30(13-6-14-30)44-24-19-23(32-35(24)21-9-7-20(3)8-10-21)26(38)31-22(11-12-25(36)37)27(39)33-15-17-34(18-16-33)29(41)43-5-2/h7-10,19,22H,4-6,11-18H2,1-3H3,(H,31,38)(H,36,37)/t22-/m0/s1. The first-order chi connectivity index (χ1) is 21.1. The van der Waals surface area contributed by atoms with Crippen molar-refractivity contribution in [2.45, 2.75) is 64.5 Å². The fourth-order valence-corrected chi connectivity index (χ4v) is 5.03. The van der Waals surface area contributed by atoms with Crippen LogP contribution in [0.1, 0.15) is 62.0 Å². The van der Waals surface area contributed by atoms with Gasteiger partial charge in [0, 0.05) is 38.7 Å². The van der Waals surface area contributed by atoms with Crippen LogP contribution in [0, 0.1) is 6.92 Å². The molecule has 2 aromatic rings. The summed E-state index contributed by atoms with van der Waals surface area (Å²) in [5.41, 5.74) is 0.309. The Hall–Kier alpha value is -4.62. The minimum Gasteiger partial charge on any atom is -0.481 e. The Morgan fingerprint density at radius 1 is 0.977 bits per heavy atom. The van der Waals surface area contributed by atoms with Crippen molar-refractivity contribution in [3.05, 3.63) is 41.6 Å². The molecule has 0 bridgehead atoms. The van der Waals surface area contributed by atoms with Gasteiger partial charge in [0.2, 0.25) is 17.4 Å². The number of ether oxygens (including phenoxy) is 3. The molecule has 2 heterocycles. The number of nitrogens with one attached hydrogen (secondary N) is 1. The second-order valence-electron chi connectivity index (χ2n) is 10.8. The minimum atomic E-state index is -1.20. The molecule has 2 N–H and O–H groups in total. The van der Waals surface area contributed by atoms with Crippen LogP contribution in [0.15, 0.2) is 30.3 Å². The Balaban J connectivity index is 1.56. The first-order valence-corrected chi connectivity index (χ1v) is 14.8. The van der Waals surface area contributed by atoms with Gasteiger partial charge in [-0.3, -0.25) is 14.4 Å². The van der Waals surface area contributed by atoms with Gasteiger partial charge in [-0.1, -0.05) is 17.7 Å². The SMILES string of the molecule is CCOC(=O)N1CCN(C(=O)[C@H](CCC(=O)O)NC(=O)c2cc(OC3(C(=O)OCC)CCC3)n(-c3ccc(C)cc3)n2)CC1. The molecule has 1 aromatic carbocycles. The summed E-state index contributed by atoms with van der Waals surface area (Å²) < 4.78 is 17.9. The summed E-state index contributed by atoms with van der Waals surface area (Å²) in [4.78, 5) is 66.2. The molecule has 2 aliphatic rings. The van der Waals surface area contributed by atoms with Crippen molar-refractivity contribution in [2.75, 3.05) is 39.4 Å². The van der Waals surface area contributed by atoms with Crippen LogP contribution in [0.3, 0.4) is 0 Å². The largest absolute Gasteiger partial charge is 0.481 e. The Morgan fingerprint density at radius 3 is 2.18 bits per heavy atom. The molecule has 1 atom stereocenters. The lowest BCUT2D eigenvalue weighted by atomic mass is 9.80. The molecule has 1 aliphatic carbocycles. The Bertz CT molecular complexity index is 1360. The predicted octanol–water partition coefficient (Wildman–Crippen LogP) is 2.31. The maximum Gasteiger partial charge on any atom is 0.409 e. The van der Waals surface area contributed by atoms with Gasteiger partial charge in [-0.25, -0.2) is 14.3 Å². The van der Waals surface area contributed by atoms with Gasteiger partial charge in [-0.15, -0.1) is 0 Å². The second-order valence-corrected chi connectivity index (χ2v) is 10.8. The molecule has 0 radical (unpaired) electrons. The number of carboxylic acid groups (broad SMARTS) is 1. The number of aromatic nitrogens is 2. The van der Waals surface area contributed by atoms with Crippen molar-refractivity contribution >= 4 is 29.8 Å². The number of amides is 3. The van der Waals surface area contributed by atoms with Crippen molar-refractivity contribution in [2.24, 2.45) is 0 Å². The second kappa shape index (κ2) is 14.2. The highest BCUT2D eigenvalue weighted by Crippen LogP contribution is 2.38. The first-order valence-electron chi connectivity index (χ1n) is 14.8. The number of esters is 1. The molecule has 44 heavy (non-hydrogen) atoms. The molecule has 2 fully saturated rings. The lowest BCUT2D eigenvalue weighted by Gasteiger charge is -2.38.